The third kappa shape index (κ3) is 2.30. The molecule has 2 heterocycles. The van der Waals surface area contributed by atoms with Gasteiger partial charge in [0.05, 0.1) is 10.5 Å². The molecule has 3 aromatic rings. The first kappa shape index (κ1) is 14.7. The third-order valence-electron chi connectivity index (χ3n) is 3.11. The Balaban J connectivity index is 2.35. The molecule has 22 heavy (non-hydrogen) atoms. The number of hydrogen-bond donors (Lipinski definition) is 1. The first-order valence-corrected chi connectivity index (χ1v) is 8.35. The second-order valence-electron chi connectivity index (χ2n) is 4.49. The summed E-state index contributed by atoms with van der Waals surface area (Å²) in [6.07, 6.45) is 2.50. The van der Waals surface area contributed by atoms with E-state index in [0.29, 0.717) is 4.47 Å². The van der Waals surface area contributed by atoms with Gasteiger partial charge < -0.3 is 5.11 Å². The molecule has 112 valence electrons. The van der Waals surface area contributed by atoms with E-state index in [0.717, 1.165) is 10.2 Å². The average molecular weight is 381 g/mol. The molecule has 0 saturated carbocycles. The molecule has 0 aliphatic heterocycles. The largest absolute Gasteiger partial charge is 0.478 e. The van der Waals surface area contributed by atoms with Crippen molar-refractivity contribution in [2.24, 2.45) is 0 Å². The average Bonchev–Trinajstić information content (AvgIpc) is 2.87. The SMILES string of the molecule is O=C(O)c1cn(S(=O)(=O)c2ccccc2)c2ncc(Br)cc12. The fourth-order valence-corrected chi connectivity index (χ4v) is 3.79. The van der Waals surface area contributed by atoms with E-state index in [1.807, 2.05) is 0 Å². The van der Waals surface area contributed by atoms with Crippen LogP contribution in [0.5, 0.6) is 0 Å². The van der Waals surface area contributed by atoms with Gasteiger partial charge >= 0.3 is 5.97 Å². The fourth-order valence-electron chi connectivity index (χ4n) is 2.11. The zero-order chi connectivity index (χ0) is 15.9. The first-order valence-electron chi connectivity index (χ1n) is 6.12. The number of pyridine rings is 1. The van der Waals surface area contributed by atoms with Crippen LogP contribution in [0.25, 0.3) is 11.0 Å². The molecule has 0 aliphatic carbocycles. The lowest BCUT2D eigenvalue weighted by atomic mass is 10.2. The number of fused-ring (bicyclic) bond motifs is 1. The maximum Gasteiger partial charge on any atom is 0.337 e. The normalized spacial score (nSPS) is 11.7. The van der Waals surface area contributed by atoms with Gasteiger partial charge in [0.1, 0.15) is 0 Å². The van der Waals surface area contributed by atoms with Crippen LogP contribution in [0.2, 0.25) is 0 Å². The number of hydrogen-bond acceptors (Lipinski definition) is 4. The van der Waals surface area contributed by atoms with E-state index in [4.69, 9.17) is 0 Å². The van der Waals surface area contributed by atoms with E-state index in [1.54, 1.807) is 18.2 Å². The van der Waals surface area contributed by atoms with Gasteiger partial charge in [0.2, 0.25) is 0 Å². The fraction of sp³-hybridized carbons (Fsp3) is 0. The van der Waals surface area contributed by atoms with Crippen molar-refractivity contribution in [2.75, 3.05) is 0 Å². The Labute approximate surface area is 134 Å². The summed E-state index contributed by atoms with van der Waals surface area (Å²) in [5, 5.41) is 9.52. The van der Waals surface area contributed by atoms with Crippen molar-refractivity contribution < 1.29 is 18.3 Å². The molecule has 0 saturated heterocycles. The Morgan fingerprint density at radius 2 is 1.91 bits per heavy atom. The number of aromatic carboxylic acids is 1. The Bertz CT molecular complexity index is 981. The van der Waals surface area contributed by atoms with Crippen LogP contribution in [0.15, 0.2) is 58.2 Å². The quantitative estimate of drug-likeness (QED) is 0.754. The van der Waals surface area contributed by atoms with Crippen molar-refractivity contribution in [3.05, 3.63) is 58.8 Å². The second-order valence-corrected chi connectivity index (χ2v) is 7.22. The minimum atomic E-state index is -3.92. The van der Waals surface area contributed by atoms with Crippen LogP contribution in [-0.2, 0) is 10.0 Å². The minimum Gasteiger partial charge on any atom is -0.478 e. The molecule has 0 radical (unpaired) electrons. The lowest BCUT2D eigenvalue weighted by molar-refractivity contribution is 0.0699. The molecule has 6 nitrogen and oxygen atoms in total. The molecule has 0 atom stereocenters. The van der Waals surface area contributed by atoms with E-state index < -0.39 is 16.0 Å². The predicted molar refractivity (Wildman–Crippen MR) is 83.4 cm³/mol. The standard InChI is InChI=1S/C14H9BrN2O4S/c15-9-6-11-12(14(18)19)8-17(13(11)16-7-9)22(20,21)10-4-2-1-3-5-10/h1-8H,(H,18,19). The lowest BCUT2D eigenvalue weighted by Gasteiger charge is -2.06. The summed E-state index contributed by atoms with van der Waals surface area (Å²) in [6, 6.07) is 9.32. The smallest absolute Gasteiger partial charge is 0.337 e. The highest BCUT2D eigenvalue weighted by Gasteiger charge is 2.24. The predicted octanol–water partition coefficient (Wildman–Crippen LogP) is 2.73. The van der Waals surface area contributed by atoms with Gasteiger partial charge in [0.25, 0.3) is 10.0 Å². The number of aromatic nitrogens is 2. The molecule has 0 amide bonds. The molecule has 1 N–H and O–H groups in total. The molecule has 8 heteroatoms. The highest BCUT2D eigenvalue weighted by Crippen LogP contribution is 2.26. The van der Waals surface area contributed by atoms with Gasteiger partial charge in [-0.15, -0.1) is 0 Å². The van der Waals surface area contributed by atoms with Crippen LogP contribution in [-0.4, -0.2) is 28.5 Å². The lowest BCUT2D eigenvalue weighted by Crippen LogP contribution is -2.12. The second kappa shape index (κ2) is 5.22. The van der Waals surface area contributed by atoms with Crippen molar-refractivity contribution >= 4 is 43.0 Å². The molecule has 0 aliphatic rings. The Kier molecular flexibility index (Phi) is 3.50. The van der Waals surface area contributed by atoms with Gasteiger partial charge in [-0.25, -0.2) is 22.2 Å². The van der Waals surface area contributed by atoms with Crippen molar-refractivity contribution in [3.8, 4) is 0 Å². The Morgan fingerprint density at radius 3 is 2.55 bits per heavy atom. The molecule has 0 unspecified atom stereocenters. The molecule has 2 aromatic heterocycles. The van der Waals surface area contributed by atoms with E-state index in [1.165, 1.54) is 24.4 Å². The molecular weight excluding hydrogens is 372 g/mol. The topological polar surface area (TPSA) is 89.3 Å². The number of benzene rings is 1. The van der Waals surface area contributed by atoms with Gasteiger partial charge in [-0.1, -0.05) is 18.2 Å². The van der Waals surface area contributed by atoms with Gasteiger partial charge in [-0.05, 0) is 34.1 Å². The van der Waals surface area contributed by atoms with E-state index in [9.17, 15) is 18.3 Å². The van der Waals surface area contributed by atoms with Crippen LogP contribution in [0.3, 0.4) is 0 Å². The maximum absolute atomic E-state index is 12.7. The number of carboxylic acids is 1. The molecule has 3 rings (SSSR count). The number of carboxylic acid groups (broad SMARTS) is 1. The van der Waals surface area contributed by atoms with Crippen molar-refractivity contribution in [2.45, 2.75) is 4.90 Å². The van der Waals surface area contributed by atoms with E-state index in [2.05, 4.69) is 20.9 Å². The van der Waals surface area contributed by atoms with Crippen molar-refractivity contribution in [3.63, 3.8) is 0 Å². The van der Waals surface area contributed by atoms with Gasteiger partial charge in [0, 0.05) is 22.3 Å². The summed E-state index contributed by atoms with van der Waals surface area (Å²) in [5.74, 6) is -1.22. The number of carbonyl (C=O) groups is 1. The van der Waals surface area contributed by atoms with Crippen LogP contribution >= 0.6 is 15.9 Å². The highest BCUT2D eigenvalue weighted by molar-refractivity contribution is 9.10. The van der Waals surface area contributed by atoms with E-state index >= 15 is 0 Å². The zero-order valence-electron chi connectivity index (χ0n) is 11.0. The summed E-state index contributed by atoms with van der Waals surface area (Å²) in [5.41, 5.74) is -0.0484. The summed E-state index contributed by atoms with van der Waals surface area (Å²) in [6.45, 7) is 0. The van der Waals surface area contributed by atoms with Crippen LogP contribution in [0, 0.1) is 0 Å². The maximum atomic E-state index is 12.7. The van der Waals surface area contributed by atoms with Crippen LogP contribution in [0.4, 0.5) is 0 Å². The Morgan fingerprint density at radius 1 is 1.23 bits per heavy atom. The van der Waals surface area contributed by atoms with Crippen LogP contribution in [0.1, 0.15) is 10.4 Å². The molecular formula is C14H9BrN2O4S. The molecule has 0 fully saturated rings. The molecule has 0 spiro atoms. The third-order valence-corrected chi connectivity index (χ3v) is 5.21. The van der Waals surface area contributed by atoms with Gasteiger partial charge in [-0.3, -0.25) is 0 Å². The van der Waals surface area contributed by atoms with Crippen molar-refractivity contribution in [1.29, 1.82) is 0 Å². The van der Waals surface area contributed by atoms with Crippen LogP contribution < -0.4 is 0 Å². The number of rotatable bonds is 3. The molecule has 0 bridgehead atoms. The number of halogens is 1. The summed E-state index contributed by atoms with van der Waals surface area (Å²) in [4.78, 5) is 15.5. The van der Waals surface area contributed by atoms with Gasteiger partial charge in [0.15, 0.2) is 5.65 Å². The van der Waals surface area contributed by atoms with E-state index in [-0.39, 0.29) is 21.5 Å². The van der Waals surface area contributed by atoms with Crippen molar-refractivity contribution in [1.82, 2.24) is 8.96 Å². The zero-order valence-corrected chi connectivity index (χ0v) is 13.4. The number of nitrogens with zero attached hydrogens (tertiary/aromatic N) is 2. The first-order chi connectivity index (χ1) is 10.4. The summed E-state index contributed by atoms with van der Waals surface area (Å²) in [7, 11) is -3.92. The summed E-state index contributed by atoms with van der Waals surface area (Å²) >= 11 is 3.21. The highest BCUT2D eigenvalue weighted by atomic mass is 79.9. The summed E-state index contributed by atoms with van der Waals surface area (Å²) < 4.78 is 26.8. The Hall–Kier alpha value is -2.19. The van der Waals surface area contributed by atoms with Gasteiger partial charge in [-0.2, -0.15) is 0 Å². The minimum absolute atomic E-state index is 0.0635. The monoisotopic (exact) mass is 380 g/mol. The molecule has 1 aromatic carbocycles.